The number of aldehydes is 1. The number of benzene rings is 1. The van der Waals surface area contributed by atoms with Crippen molar-refractivity contribution < 1.29 is 4.79 Å². The van der Waals surface area contributed by atoms with Crippen LogP contribution in [0.1, 0.15) is 23.7 Å². The van der Waals surface area contributed by atoms with Crippen molar-refractivity contribution in [2.24, 2.45) is 0 Å². The lowest BCUT2D eigenvalue weighted by Crippen LogP contribution is -2.24. The molecule has 104 valence electrons. The van der Waals surface area contributed by atoms with Gasteiger partial charge in [0.25, 0.3) is 5.56 Å². The molecule has 1 heterocycles. The Balaban J connectivity index is 2.66. The number of pyridine rings is 1. The maximum Gasteiger partial charge on any atom is 0.261 e. The number of rotatable bonds is 4. The Morgan fingerprint density at radius 2 is 1.90 bits per heavy atom. The SMILES string of the molecule is CCCn1c(-c2ccc(Cl)c(Cl)c2)ccc(C=O)c1=O. The van der Waals surface area contributed by atoms with E-state index in [9.17, 15) is 9.59 Å². The topological polar surface area (TPSA) is 39.1 Å². The van der Waals surface area contributed by atoms with E-state index in [4.69, 9.17) is 23.2 Å². The summed E-state index contributed by atoms with van der Waals surface area (Å²) in [7, 11) is 0. The zero-order valence-corrected chi connectivity index (χ0v) is 12.4. The van der Waals surface area contributed by atoms with Crippen LogP contribution in [0.2, 0.25) is 10.0 Å². The Morgan fingerprint density at radius 3 is 2.50 bits per heavy atom. The molecule has 0 bridgehead atoms. The van der Waals surface area contributed by atoms with Crippen molar-refractivity contribution in [2.75, 3.05) is 0 Å². The fourth-order valence-corrected chi connectivity index (χ4v) is 2.34. The Bertz CT molecular complexity index is 708. The predicted molar refractivity (Wildman–Crippen MR) is 81.8 cm³/mol. The van der Waals surface area contributed by atoms with Gasteiger partial charge in [0.15, 0.2) is 6.29 Å². The third-order valence-electron chi connectivity index (χ3n) is 2.99. The fraction of sp³-hybridized carbons (Fsp3) is 0.200. The Labute approximate surface area is 126 Å². The number of halogens is 2. The van der Waals surface area contributed by atoms with Gasteiger partial charge in [-0.15, -0.1) is 0 Å². The summed E-state index contributed by atoms with van der Waals surface area (Å²) in [6.45, 7) is 2.51. The van der Waals surface area contributed by atoms with Crippen LogP contribution in [0.25, 0.3) is 11.3 Å². The quantitative estimate of drug-likeness (QED) is 0.799. The number of aromatic nitrogens is 1. The summed E-state index contributed by atoms with van der Waals surface area (Å²) >= 11 is 11.9. The fourth-order valence-electron chi connectivity index (χ4n) is 2.04. The van der Waals surface area contributed by atoms with Crippen LogP contribution in [0.3, 0.4) is 0 Å². The van der Waals surface area contributed by atoms with E-state index in [1.54, 1.807) is 28.8 Å². The molecule has 3 nitrogen and oxygen atoms in total. The monoisotopic (exact) mass is 309 g/mol. The summed E-state index contributed by atoms with van der Waals surface area (Å²) in [4.78, 5) is 23.1. The summed E-state index contributed by atoms with van der Waals surface area (Å²) in [6.07, 6.45) is 1.36. The molecular formula is C15H13Cl2NO2. The molecule has 0 unspecified atom stereocenters. The van der Waals surface area contributed by atoms with Crippen molar-refractivity contribution >= 4 is 29.5 Å². The summed E-state index contributed by atoms with van der Waals surface area (Å²) in [5.74, 6) is 0. The highest BCUT2D eigenvalue weighted by Crippen LogP contribution is 2.28. The third kappa shape index (κ3) is 2.79. The number of nitrogens with zero attached hydrogens (tertiary/aromatic N) is 1. The van der Waals surface area contributed by atoms with E-state index in [2.05, 4.69) is 0 Å². The van der Waals surface area contributed by atoms with E-state index < -0.39 is 0 Å². The molecule has 20 heavy (non-hydrogen) atoms. The van der Waals surface area contributed by atoms with E-state index in [0.717, 1.165) is 17.7 Å². The molecule has 2 aromatic rings. The van der Waals surface area contributed by atoms with Gasteiger partial charge >= 0.3 is 0 Å². The average Bonchev–Trinajstić information content (AvgIpc) is 2.44. The van der Waals surface area contributed by atoms with Crippen LogP contribution < -0.4 is 5.56 Å². The number of hydrogen-bond acceptors (Lipinski definition) is 2. The summed E-state index contributed by atoms with van der Waals surface area (Å²) in [5.41, 5.74) is 1.39. The first-order chi connectivity index (χ1) is 9.58. The molecular weight excluding hydrogens is 297 g/mol. The van der Waals surface area contributed by atoms with Gasteiger partial charge in [-0.25, -0.2) is 0 Å². The largest absolute Gasteiger partial charge is 0.308 e. The first-order valence-corrected chi connectivity index (χ1v) is 6.98. The second-order valence-electron chi connectivity index (χ2n) is 4.38. The van der Waals surface area contributed by atoms with E-state index in [-0.39, 0.29) is 11.1 Å². The standard InChI is InChI=1S/C15H13Cl2NO2/c1-2-7-18-14(6-4-11(9-19)15(18)20)10-3-5-12(16)13(17)8-10/h3-6,8-9H,2,7H2,1H3. The normalized spacial score (nSPS) is 10.6. The Morgan fingerprint density at radius 1 is 1.15 bits per heavy atom. The smallest absolute Gasteiger partial charge is 0.261 e. The van der Waals surface area contributed by atoms with Crippen LogP contribution in [0.5, 0.6) is 0 Å². The molecule has 0 atom stereocenters. The van der Waals surface area contributed by atoms with Crippen molar-refractivity contribution in [3.05, 3.63) is 56.3 Å². The minimum absolute atomic E-state index is 0.155. The molecule has 0 aliphatic heterocycles. The van der Waals surface area contributed by atoms with Gasteiger partial charge in [-0.1, -0.05) is 36.2 Å². The van der Waals surface area contributed by atoms with Crippen molar-refractivity contribution in [3.63, 3.8) is 0 Å². The van der Waals surface area contributed by atoms with Crippen LogP contribution in [0.4, 0.5) is 0 Å². The third-order valence-corrected chi connectivity index (χ3v) is 3.73. The van der Waals surface area contributed by atoms with Crippen molar-refractivity contribution in [1.82, 2.24) is 4.57 Å². The van der Waals surface area contributed by atoms with Gasteiger partial charge in [-0.3, -0.25) is 9.59 Å². The minimum atomic E-state index is -0.287. The van der Waals surface area contributed by atoms with Gasteiger partial charge in [-0.2, -0.15) is 0 Å². The second-order valence-corrected chi connectivity index (χ2v) is 5.19. The predicted octanol–water partition coefficient (Wildman–Crippen LogP) is 4.04. The molecule has 0 N–H and O–H groups in total. The van der Waals surface area contributed by atoms with Crippen molar-refractivity contribution in [2.45, 2.75) is 19.9 Å². The van der Waals surface area contributed by atoms with Crippen LogP contribution in [-0.4, -0.2) is 10.9 Å². The van der Waals surface area contributed by atoms with Crippen molar-refractivity contribution in [3.8, 4) is 11.3 Å². The van der Waals surface area contributed by atoms with Gasteiger partial charge in [0.1, 0.15) is 0 Å². The zero-order valence-electron chi connectivity index (χ0n) is 10.9. The van der Waals surface area contributed by atoms with Gasteiger partial charge in [0.05, 0.1) is 21.3 Å². The highest BCUT2D eigenvalue weighted by molar-refractivity contribution is 6.42. The van der Waals surface area contributed by atoms with E-state index in [0.29, 0.717) is 22.9 Å². The molecule has 0 amide bonds. The summed E-state index contributed by atoms with van der Waals surface area (Å²) in [5, 5.41) is 0.892. The zero-order chi connectivity index (χ0) is 14.7. The first kappa shape index (κ1) is 14.8. The van der Waals surface area contributed by atoms with Gasteiger partial charge in [0, 0.05) is 6.54 Å². The molecule has 0 spiro atoms. The molecule has 2 rings (SSSR count). The molecule has 5 heteroatoms. The second kappa shape index (κ2) is 6.25. The lowest BCUT2D eigenvalue weighted by molar-refractivity contribution is 0.112. The molecule has 0 radical (unpaired) electrons. The Hall–Kier alpha value is -1.58. The molecule has 0 saturated carbocycles. The maximum atomic E-state index is 12.2. The van der Waals surface area contributed by atoms with Gasteiger partial charge in [-0.05, 0) is 36.2 Å². The van der Waals surface area contributed by atoms with Crippen LogP contribution in [0.15, 0.2) is 35.1 Å². The molecule has 0 aliphatic carbocycles. The van der Waals surface area contributed by atoms with Crippen LogP contribution >= 0.6 is 23.2 Å². The maximum absolute atomic E-state index is 12.2. The van der Waals surface area contributed by atoms with E-state index >= 15 is 0 Å². The first-order valence-electron chi connectivity index (χ1n) is 6.23. The van der Waals surface area contributed by atoms with Gasteiger partial charge in [0.2, 0.25) is 0 Å². The highest BCUT2D eigenvalue weighted by atomic mass is 35.5. The highest BCUT2D eigenvalue weighted by Gasteiger charge is 2.10. The molecule has 0 aliphatic rings. The van der Waals surface area contributed by atoms with E-state index in [1.807, 2.05) is 6.92 Å². The number of carbonyl (C=O) groups excluding carboxylic acids is 1. The molecule has 1 aromatic heterocycles. The average molecular weight is 310 g/mol. The summed E-state index contributed by atoms with van der Waals surface area (Å²) in [6, 6.07) is 8.48. The molecule has 0 fully saturated rings. The lowest BCUT2D eigenvalue weighted by Gasteiger charge is -2.13. The van der Waals surface area contributed by atoms with E-state index in [1.165, 1.54) is 6.07 Å². The number of hydrogen-bond donors (Lipinski definition) is 0. The Kier molecular flexibility index (Phi) is 4.63. The lowest BCUT2D eigenvalue weighted by atomic mass is 10.1. The minimum Gasteiger partial charge on any atom is -0.308 e. The van der Waals surface area contributed by atoms with Crippen LogP contribution in [0, 0.1) is 0 Å². The van der Waals surface area contributed by atoms with Crippen LogP contribution in [-0.2, 0) is 6.54 Å². The number of carbonyl (C=O) groups is 1. The summed E-state index contributed by atoms with van der Waals surface area (Å²) < 4.78 is 1.59. The molecule has 1 aromatic carbocycles. The van der Waals surface area contributed by atoms with Crippen molar-refractivity contribution in [1.29, 1.82) is 0 Å². The van der Waals surface area contributed by atoms with Gasteiger partial charge < -0.3 is 4.57 Å². The molecule has 0 saturated heterocycles.